The lowest BCUT2D eigenvalue weighted by atomic mass is 10.0. The Morgan fingerprint density at radius 1 is 1.00 bits per heavy atom. The molecule has 2 aromatic carbocycles. The van der Waals surface area contributed by atoms with E-state index in [-0.39, 0.29) is 5.82 Å². The Hall–Kier alpha value is -1.96. The van der Waals surface area contributed by atoms with Crippen LogP contribution in [0.3, 0.4) is 0 Å². The van der Waals surface area contributed by atoms with Crippen LogP contribution in [0.5, 0.6) is 0 Å². The maximum atomic E-state index is 13.0. The van der Waals surface area contributed by atoms with Crippen molar-refractivity contribution in [1.29, 1.82) is 0 Å². The van der Waals surface area contributed by atoms with Crippen molar-refractivity contribution >= 4 is 11.4 Å². The molecule has 0 unspecified atom stereocenters. The van der Waals surface area contributed by atoms with Gasteiger partial charge in [0.2, 0.25) is 0 Å². The lowest BCUT2D eigenvalue weighted by Gasteiger charge is -1.98. The third-order valence-electron chi connectivity index (χ3n) is 2.76. The minimum absolute atomic E-state index is 0.191. The highest BCUT2D eigenvalue weighted by atomic mass is 19.1. The van der Waals surface area contributed by atoms with E-state index in [1.807, 2.05) is 30.3 Å². The van der Waals surface area contributed by atoms with Crippen molar-refractivity contribution in [3.8, 4) is 0 Å². The molecule has 0 fully saturated rings. The summed E-state index contributed by atoms with van der Waals surface area (Å²) in [6.07, 6.45) is 0.719. The van der Waals surface area contributed by atoms with E-state index in [1.165, 1.54) is 6.07 Å². The van der Waals surface area contributed by atoms with E-state index in [1.54, 1.807) is 12.1 Å². The fraction of sp³-hybridized carbons (Fsp3) is 0.0714. The van der Waals surface area contributed by atoms with Crippen LogP contribution in [-0.4, -0.2) is 5.71 Å². The van der Waals surface area contributed by atoms with Crippen LogP contribution in [0, 0.1) is 5.82 Å². The molecule has 0 radical (unpaired) electrons. The molecule has 0 bridgehead atoms. The third kappa shape index (κ3) is 1.52. The molecule has 1 nitrogen and oxygen atoms in total. The third-order valence-corrected chi connectivity index (χ3v) is 2.76. The summed E-state index contributed by atoms with van der Waals surface area (Å²) in [5.74, 6) is -0.191. The number of nitrogens with zero attached hydrogens (tertiary/aromatic N) is 1. The van der Waals surface area contributed by atoms with Gasteiger partial charge in [-0.1, -0.05) is 30.3 Å². The summed E-state index contributed by atoms with van der Waals surface area (Å²) in [6.45, 7) is 0. The van der Waals surface area contributed by atoms with Gasteiger partial charge in [-0.05, 0) is 29.3 Å². The first kappa shape index (κ1) is 9.28. The minimum atomic E-state index is -0.191. The molecule has 1 aliphatic heterocycles. The predicted molar refractivity (Wildman–Crippen MR) is 62.7 cm³/mol. The molecule has 2 heteroatoms. The van der Waals surface area contributed by atoms with Gasteiger partial charge in [0.05, 0.1) is 11.4 Å². The average Bonchev–Trinajstić information content (AvgIpc) is 2.73. The van der Waals surface area contributed by atoms with Gasteiger partial charge in [0.1, 0.15) is 5.82 Å². The highest BCUT2D eigenvalue weighted by molar-refractivity contribution is 6.06. The molecule has 0 saturated heterocycles. The first-order valence-electron chi connectivity index (χ1n) is 5.24. The predicted octanol–water partition coefficient (Wildman–Crippen LogP) is 3.50. The van der Waals surface area contributed by atoms with Gasteiger partial charge in [-0.3, -0.25) is 4.99 Å². The maximum absolute atomic E-state index is 13.0. The molecule has 1 heterocycles. The fourth-order valence-electron chi connectivity index (χ4n) is 1.97. The Morgan fingerprint density at radius 3 is 2.62 bits per heavy atom. The Balaban J connectivity index is 2.00. The average molecular weight is 211 g/mol. The van der Waals surface area contributed by atoms with Crippen LogP contribution < -0.4 is 0 Å². The Morgan fingerprint density at radius 2 is 1.81 bits per heavy atom. The number of rotatable bonds is 1. The Kier molecular flexibility index (Phi) is 2.07. The van der Waals surface area contributed by atoms with Gasteiger partial charge in [0.15, 0.2) is 0 Å². The zero-order valence-electron chi connectivity index (χ0n) is 8.65. The largest absolute Gasteiger partial charge is 0.252 e. The minimum Gasteiger partial charge on any atom is -0.252 e. The molecule has 0 spiro atoms. The van der Waals surface area contributed by atoms with Crippen LogP contribution >= 0.6 is 0 Å². The number of halogens is 1. The number of aliphatic imine (C=N–C) groups is 1. The Labute approximate surface area is 93.3 Å². The lowest BCUT2D eigenvalue weighted by molar-refractivity contribution is 0.626. The van der Waals surface area contributed by atoms with E-state index < -0.39 is 0 Å². The van der Waals surface area contributed by atoms with Crippen molar-refractivity contribution < 1.29 is 4.39 Å². The van der Waals surface area contributed by atoms with Gasteiger partial charge >= 0.3 is 0 Å². The standard InChI is InChI=1S/C14H10FN/c15-12-6-7-13-11(8-12)9-14(16-13)10-4-2-1-3-5-10/h1-8H,9H2. The van der Waals surface area contributed by atoms with E-state index in [2.05, 4.69) is 4.99 Å². The number of benzene rings is 2. The van der Waals surface area contributed by atoms with Crippen LogP contribution in [0.1, 0.15) is 11.1 Å². The van der Waals surface area contributed by atoms with E-state index in [0.717, 1.165) is 28.9 Å². The highest BCUT2D eigenvalue weighted by Gasteiger charge is 2.15. The second-order valence-corrected chi connectivity index (χ2v) is 3.87. The van der Waals surface area contributed by atoms with E-state index in [0.29, 0.717) is 0 Å². The molecule has 0 N–H and O–H groups in total. The smallest absolute Gasteiger partial charge is 0.123 e. The molecule has 0 amide bonds. The quantitative estimate of drug-likeness (QED) is 0.684. The van der Waals surface area contributed by atoms with Crippen LogP contribution in [0.4, 0.5) is 10.1 Å². The zero-order chi connectivity index (χ0) is 11.0. The van der Waals surface area contributed by atoms with Crippen molar-refractivity contribution in [1.82, 2.24) is 0 Å². The van der Waals surface area contributed by atoms with Crippen LogP contribution in [0.2, 0.25) is 0 Å². The molecular formula is C14H10FN. The number of hydrogen-bond donors (Lipinski definition) is 0. The van der Waals surface area contributed by atoms with E-state index >= 15 is 0 Å². The second-order valence-electron chi connectivity index (χ2n) is 3.87. The van der Waals surface area contributed by atoms with Gasteiger partial charge in [-0.2, -0.15) is 0 Å². The first-order valence-corrected chi connectivity index (χ1v) is 5.24. The molecule has 0 aromatic heterocycles. The normalized spacial score (nSPS) is 13.4. The van der Waals surface area contributed by atoms with Gasteiger partial charge in [-0.15, -0.1) is 0 Å². The SMILES string of the molecule is Fc1ccc2c(c1)CC(c1ccccc1)=N2. The van der Waals surface area contributed by atoms with E-state index in [4.69, 9.17) is 0 Å². The van der Waals surface area contributed by atoms with Crippen LogP contribution in [0.25, 0.3) is 0 Å². The molecule has 2 aromatic rings. The summed E-state index contributed by atoms with van der Waals surface area (Å²) in [4.78, 5) is 4.51. The Bertz CT molecular complexity index is 558. The topological polar surface area (TPSA) is 12.4 Å². The van der Waals surface area contributed by atoms with Crippen molar-refractivity contribution in [2.75, 3.05) is 0 Å². The second kappa shape index (κ2) is 3.56. The van der Waals surface area contributed by atoms with Crippen molar-refractivity contribution in [2.45, 2.75) is 6.42 Å². The van der Waals surface area contributed by atoms with E-state index in [9.17, 15) is 4.39 Å². The molecule has 0 aliphatic carbocycles. The van der Waals surface area contributed by atoms with Crippen molar-refractivity contribution in [3.05, 3.63) is 65.5 Å². The van der Waals surface area contributed by atoms with Crippen molar-refractivity contribution in [3.63, 3.8) is 0 Å². The number of fused-ring (bicyclic) bond motifs is 1. The number of hydrogen-bond acceptors (Lipinski definition) is 1. The molecule has 16 heavy (non-hydrogen) atoms. The molecule has 0 saturated carbocycles. The van der Waals surface area contributed by atoms with Crippen molar-refractivity contribution in [2.24, 2.45) is 4.99 Å². The van der Waals surface area contributed by atoms with Gasteiger partial charge in [0.25, 0.3) is 0 Å². The summed E-state index contributed by atoms with van der Waals surface area (Å²) in [6, 6.07) is 14.8. The molecule has 1 aliphatic rings. The van der Waals surface area contributed by atoms with Crippen LogP contribution in [0.15, 0.2) is 53.5 Å². The van der Waals surface area contributed by atoms with Gasteiger partial charge in [-0.25, -0.2) is 4.39 Å². The van der Waals surface area contributed by atoms with Gasteiger partial charge < -0.3 is 0 Å². The lowest BCUT2D eigenvalue weighted by Crippen LogP contribution is -1.99. The fourth-order valence-corrected chi connectivity index (χ4v) is 1.97. The summed E-state index contributed by atoms with van der Waals surface area (Å²) in [7, 11) is 0. The summed E-state index contributed by atoms with van der Waals surface area (Å²) in [5, 5.41) is 0. The molecule has 78 valence electrons. The zero-order valence-corrected chi connectivity index (χ0v) is 8.65. The molecular weight excluding hydrogens is 201 g/mol. The summed E-state index contributed by atoms with van der Waals surface area (Å²) >= 11 is 0. The van der Waals surface area contributed by atoms with Gasteiger partial charge in [0, 0.05) is 6.42 Å². The monoisotopic (exact) mass is 211 g/mol. The summed E-state index contributed by atoms with van der Waals surface area (Å²) in [5.41, 5.74) is 3.99. The first-order chi connectivity index (χ1) is 7.83. The molecule has 3 rings (SSSR count). The maximum Gasteiger partial charge on any atom is 0.123 e. The molecule has 0 atom stereocenters. The van der Waals surface area contributed by atoms with Crippen LogP contribution in [-0.2, 0) is 6.42 Å². The highest BCUT2D eigenvalue weighted by Crippen LogP contribution is 2.29. The summed E-state index contributed by atoms with van der Waals surface area (Å²) < 4.78 is 13.0.